The average Bonchev–Trinajstić information content (AvgIpc) is 2.42. The summed E-state index contributed by atoms with van der Waals surface area (Å²) in [5.74, 6) is -1.42. The van der Waals surface area contributed by atoms with E-state index in [4.69, 9.17) is 9.16 Å². The summed E-state index contributed by atoms with van der Waals surface area (Å²) in [5.41, 5.74) is 0. The van der Waals surface area contributed by atoms with E-state index >= 15 is 0 Å². The number of allylic oxidation sites excluding steroid dienone is 2. The van der Waals surface area contributed by atoms with Crippen LogP contribution in [0.25, 0.3) is 0 Å². The number of hydrogen-bond acceptors (Lipinski definition) is 3. The van der Waals surface area contributed by atoms with Gasteiger partial charge in [-0.1, -0.05) is 61.6 Å². The van der Waals surface area contributed by atoms with Crippen LogP contribution in [0.4, 0.5) is 0 Å². The average molecular weight is 454 g/mol. The number of hydrogen-bond donors (Lipinski definition) is 1. The Bertz CT molecular complexity index is 427. The molecule has 0 spiro atoms. The Hall–Kier alpha value is -0.183. The molecular formula is C17H31IO4Si. The van der Waals surface area contributed by atoms with E-state index in [-0.39, 0.29) is 17.2 Å². The van der Waals surface area contributed by atoms with Crippen LogP contribution in [0, 0.1) is 5.92 Å². The van der Waals surface area contributed by atoms with Crippen molar-refractivity contribution in [2.75, 3.05) is 7.11 Å². The minimum Gasteiger partial charge on any atom is -0.481 e. The molecule has 0 aromatic carbocycles. The zero-order valence-electron chi connectivity index (χ0n) is 15.3. The second-order valence-corrected chi connectivity index (χ2v) is 12.7. The number of ether oxygens (including phenoxy) is 1. The van der Waals surface area contributed by atoms with Crippen molar-refractivity contribution in [2.24, 2.45) is 5.92 Å². The van der Waals surface area contributed by atoms with Gasteiger partial charge in [0.05, 0.1) is 18.1 Å². The fraction of sp³-hybridized carbons (Fsp3) is 0.706. The number of rotatable bonds is 9. The van der Waals surface area contributed by atoms with Gasteiger partial charge in [-0.2, -0.15) is 0 Å². The molecular weight excluding hydrogens is 423 g/mol. The molecule has 0 aliphatic carbocycles. The maximum atomic E-state index is 11.2. The predicted molar refractivity (Wildman–Crippen MR) is 107 cm³/mol. The summed E-state index contributed by atoms with van der Waals surface area (Å²) in [5, 5.41) is 9.33. The number of methoxy groups -OCH3 is 1. The summed E-state index contributed by atoms with van der Waals surface area (Å²) in [4.78, 5) is 11.2. The SMILES string of the molecule is CO[C@H](C[C@H](/C=C/C=C/I)O[Si](C)(C)C(C)(C)C)[C@@H](C)C(=O)O. The Morgan fingerprint density at radius 3 is 2.26 bits per heavy atom. The number of carbonyl (C=O) groups is 1. The van der Waals surface area contributed by atoms with Crippen molar-refractivity contribution >= 4 is 36.9 Å². The molecule has 0 unspecified atom stereocenters. The van der Waals surface area contributed by atoms with Gasteiger partial charge in [-0.05, 0) is 29.1 Å². The highest BCUT2D eigenvalue weighted by molar-refractivity contribution is 14.1. The van der Waals surface area contributed by atoms with Crippen LogP contribution >= 0.6 is 22.6 Å². The lowest BCUT2D eigenvalue weighted by molar-refractivity contribution is -0.146. The zero-order chi connectivity index (χ0) is 18.3. The summed E-state index contributed by atoms with van der Waals surface area (Å²) in [6.07, 6.45) is 5.87. The van der Waals surface area contributed by atoms with Gasteiger partial charge in [-0.3, -0.25) is 4.79 Å². The van der Waals surface area contributed by atoms with Crippen molar-refractivity contribution in [3.05, 3.63) is 22.3 Å². The molecule has 0 aliphatic rings. The first-order chi connectivity index (χ1) is 10.5. The number of aliphatic carboxylic acids is 1. The van der Waals surface area contributed by atoms with E-state index in [9.17, 15) is 9.90 Å². The van der Waals surface area contributed by atoms with E-state index < -0.39 is 20.2 Å². The van der Waals surface area contributed by atoms with Gasteiger partial charge in [0.2, 0.25) is 0 Å². The largest absolute Gasteiger partial charge is 0.481 e. The Morgan fingerprint density at radius 1 is 1.30 bits per heavy atom. The van der Waals surface area contributed by atoms with E-state index in [1.807, 2.05) is 22.3 Å². The molecule has 4 nitrogen and oxygen atoms in total. The second-order valence-electron chi connectivity index (χ2n) is 7.26. The van der Waals surface area contributed by atoms with Gasteiger partial charge in [0, 0.05) is 13.5 Å². The smallest absolute Gasteiger partial charge is 0.308 e. The van der Waals surface area contributed by atoms with Crippen LogP contribution in [-0.2, 0) is 14.0 Å². The Labute approximate surface area is 155 Å². The predicted octanol–water partition coefficient (Wildman–Crippen LogP) is 5.01. The van der Waals surface area contributed by atoms with Crippen LogP contribution in [0.3, 0.4) is 0 Å². The normalized spacial score (nSPS) is 17.6. The summed E-state index contributed by atoms with van der Waals surface area (Å²) in [6, 6.07) is 0. The van der Waals surface area contributed by atoms with Crippen LogP contribution in [0.2, 0.25) is 18.1 Å². The first kappa shape index (κ1) is 22.8. The molecule has 134 valence electrons. The van der Waals surface area contributed by atoms with Crippen LogP contribution in [0.15, 0.2) is 22.3 Å². The van der Waals surface area contributed by atoms with Crippen LogP contribution in [0.1, 0.15) is 34.1 Å². The quantitative estimate of drug-likeness (QED) is 0.302. The molecule has 6 heteroatoms. The molecule has 0 fully saturated rings. The third kappa shape index (κ3) is 7.96. The molecule has 0 bridgehead atoms. The Kier molecular flexibility index (Phi) is 9.88. The number of carboxylic acids is 1. The molecule has 0 amide bonds. The fourth-order valence-electron chi connectivity index (χ4n) is 1.84. The Morgan fingerprint density at radius 2 is 1.87 bits per heavy atom. The van der Waals surface area contributed by atoms with Gasteiger partial charge < -0.3 is 14.3 Å². The molecule has 0 rings (SSSR count). The molecule has 23 heavy (non-hydrogen) atoms. The molecule has 0 aliphatic heterocycles. The van der Waals surface area contributed by atoms with E-state index in [0.29, 0.717) is 6.42 Å². The summed E-state index contributed by atoms with van der Waals surface area (Å²) in [7, 11) is -0.392. The topological polar surface area (TPSA) is 55.8 Å². The second kappa shape index (κ2) is 9.96. The molecule has 0 saturated heterocycles. The third-order valence-electron chi connectivity index (χ3n) is 4.48. The summed E-state index contributed by atoms with van der Waals surface area (Å²) in [6.45, 7) is 12.7. The van der Waals surface area contributed by atoms with E-state index in [1.54, 1.807) is 14.0 Å². The molecule has 0 radical (unpaired) electrons. The lowest BCUT2D eigenvalue weighted by Gasteiger charge is -2.39. The van der Waals surface area contributed by atoms with Crippen molar-refractivity contribution in [2.45, 2.75) is 64.5 Å². The number of carboxylic acid groups (broad SMARTS) is 1. The Balaban J connectivity index is 5.26. The molecule has 0 aromatic heterocycles. The van der Waals surface area contributed by atoms with Crippen molar-refractivity contribution < 1.29 is 19.1 Å². The minimum atomic E-state index is -1.95. The van der Waals surface area contributed by atoms with Gasteiger partial charge in [0.15, 0.2) is 8.32 Å². The summed E-state index contributed by atoms with van der Waals surface area (Å²) >= 11 is 2.16. The first-order valence-electron chi connectivity index (χ1n) is 7.83. The van der Waals surface area contributed by atoms with Gasteiger partial charge in [0.1, 0.15) is 0 Å². The highest BCUT2D eigenvalue weighted by Crippen LogP contribution is 2.38. The number of halogens is 1. The maximum absolute atomic E-state index is 11.2. The van der Waals surface area contributed by atoms with Crippen molar-refractivity contribution in [3.8, 4) is 0 Å². The van der Waals surface area contributed by atoms with Gasteiger partial charge in [0.25, 0.3) is 0 Å². The van der Waals surface area contributed by atoms with Crippen molar-refractivity contribution in [1.29, 1.82) is 0 Å². The minimum absolute atomic E-state index is 0.0964. The zero-order valence-corrected chi connectivity index (χ0v) is 18.5. The van der Waals surface area contributed by atoms with E-state index in [2.05, 4.69) is 56.5 Å². The lowest BCUT2D eigenvalue weighted by Crippen LogP contribution is -2.45. The van der Waals surface area contributed by atoms with Gasteiger partial charge in [-0.15, -0.1) is 0 Å². The first-order valence-corrected chi connectivity index (χ1v) is 12.0. The van der Waals surface area contributed by atoms with Gasteiger partial charge >= 0.3 is 5.97 Å². The van der Waals surface area contributed by atoms with Crippen molar-refractivity contribution in [3.63, 3.8) is 0 Å². The fourth-order valence-corrected chi connectivity index (χ4v) is 3.37. The monoisotopic (exact) mass is 454 g/mol. The molecule has 0 heterocycles. The molecule has 1 N–H and O–H groups in total. The van der Waals surface area contributed by atoms with Crippen LogP contribution < -0.4 is 0 Å². The van der Waals surface area contributed by atoms with E-state index in [0.717, 1.165) is 0 Å². The molecule has 0 aromatic rings. The van der Waals surface area contributed by atoms with Crippen molar-refractivity contribution in [1.82, 2.24) is 0 Å². The molecule has 3 atom stereocenters. The van der Waals surface area contributed by atoms with E-state index in [1.165, 1.54) is 0 Å². The lowest BCUT2D eigenvalue weighted by atomic mass is 9.99. The summed E-state index contributed by atoms with van der Waals surface area (Å²) < 4.78 is 13.8. The highest BCUT2D eigenvalue weighted by atomic mass is 127. The molecule has 0 saturated carbocycles. The van der Waals surface area contributed by atoms with Crippen LogP contribution in [-0.4, -0.2) is 38.7 Å². The van der Waals surface area contributed by atoms with Crippen LogP contribution in [0.5, 0.6) is 0 Å². The highest BCUT2D eigenvalue weighted by Gasteiger charge is 2.39. The maximum Gasteiger partial charge on any atom is 0.308 e. The van der Waals surface area contributed by atoms with Gasteiger partial charge in [-0.25, -0.2) is 0 Å². The third-order valence-corrected chi connectivity index (χ3v) is 9.40. The standard InChI is InChI=1S/C17H31IO4Si/c1-13(16(19)20)15(21-5)12-14(10-8-9-11-18)22-23(6,7)17(2,3)4/h8-11,13-15H,12H2,1-7H3,(H,19,20)/b10-8+,11-9+/t13-,14+,15-/m1/s1.